The van der Waals surface area contributed by atoms with Crippen molar-refractivity contribution < 1.29 is 13.5 Å². The first-order valence-corrected chi connectivity index (χ1v) is 9.28. The van der Waals surface area contributed by atoms with Gasteiger partial charge in [-0.25, -0.2) is 8.78 Å². The average molecular weight is 391 g/mol. The van der Waals surface area contributed by atoms with Crippen molar-refractivity contribution in [2.45, 2.75) is 13.1 Å². The maximum Gasteiger partial charge on any atom is 0.169 e. The minimum absolute atomic E-state index is 0.241. The second-order valence-corrected chi connectivity index (χ2v) is 6.90. The molecule has 4 nitrogen and oxygen atoms in total. The standard InChI is InChI=1S/C20H23F2N3OS/c1-26-19-7-4-16(12-18(19)22)14-24-8-10-25(11-9-24)20(27)23-13-15-2-5-17(21)6-3-15/h2-7,12H,8-11,13-14H2,1H3,(H,23,27). The molecule has 0 amide bonds. The predicted molar refractivity (Wildman–Crippen MR) is 106 cm³/mol. The van der Waals surface area contributed by atoms with Crippen LogP contribution < -0.4 is 10.1 Å². The zero-order valence-electron chi connectivity index (χ0n) is 15.3. The Kier molecular flexibility index (Phi) is 6.58. The van der Waals surface area contributed by atoms with Gasteiger partial charge in [-0.2, -0.15) is 0 Å². The van der Waals surface area contributed by atoms with Gasteiger partial charge in [-0.3, -0.25) is 4.90 Å². The third-order valence-electron chi connectivity index (χ3n) is 4.64. The van der Waals surface area contributed by atoms with Crippen LogP contribution in [0.4, 0.5) is 8.78 Å². The van der Waals surface area contributed by atoms with Gasteiger partial charge < -0.3 is 15.0 Å². The molecular weight excluding hydrogens is 368 g/mol. The van der Waals surface area contributed by atoms with Crippen molar-refractivity contribution in [3.63, 3.8) is 0 Å². The molecule has 0 bridgehead atoms. The summed E-state index contributed by atoms with van der Waals surface area (Å²) in [6.07, 6.45) is 0. The fourth-order valence-corrected chi connectivity index (χ4v) is 3.32. The Labute approximate surface area is 163 Å². The number of rotatable bonds is 5. The van der Waals surface area contributed by atoms with E-state index in [4.69, 9.17) is 17.0 Å². The summed E-state index contributed by atoms with van der Waals surface area (Å²) >= 11 is 5.47. The van der Waals surface area contributed by atoms with Crippen molar-refractivity contribution in [1.29, 1.82) is 0 Å². The molecule has 0 spiro atoms. The molecule has 144 valence electrons. The van der Waals surface area contributed by atoms with Crippen LogP contribution in [-0.2, 0) is 13.1 Å². The number of piperazine rings is 1. The third kappa shape index (κ3) is 5.37. The third-order valence-corrected chi connectivity index (χ3v) is 5.04. The molecule has 7 heteroatoms. The van der Waals surface area contributed by atoms with Crippen molar-refractivity contribution in [3.05, 3.63) is 65.2 Å². The van der Waals surface area contributed by atoms with Crippen molar-refractivity contribution in [2.24, 2.45) is 0 Å². The topological polar surface area (TPSA) is 27.7 Å². The van der Waals surface area contributed by atoms with Gasteiger partial charge in [0.2, 0.25) is 0 Å². The van der Waals surface area contributed by atoms with Gasteiger partial charge >= 0.3 is 0 Å². The summed E-state index contributed by atoms with van der Waals surface area (Å²) in [6, 6.07) is 11.5. The Bertz CT molecular complexity index is 777. The molecule has 0 saturated carbocycles. The summed E-state index contributed by atoms with van der Waals surface area (Å²) in [5.41, 5.74) is 1.91. The number of hydrogen-bond donors (Lipinski definition) is 1. The van der Waals surface area contributed by atoms with E-state index in [1.54, 1.807) is 18.2 Å². The molecule has 0 unspecified atom stereocenters. The van der Waals surface area contributed by atoms with Gasteiger partial charge in [0.25, 0.3) is 0 Å². The smallest absolute Gasteiger partial charge is 0.169 e. The lowest BCUT2D eigenvalue weighted by molar-refractivity contribution is 0.174. The number of halogens is 2. The van der Waals surface area contributed by atoms with Crippen LogP contribution in [-0.4, -0.2) is 48.2 Å². The Morgan fingerprint density at radius 1 is 1.04 bits per heavy atom. The number of hydrogen-bond acceptors (Lipinski definition) is 3. The molecule has 27 heavy (non-hydrogen) atoms. The second kappa shape index (κ2) is 9.10. The summed E-state index contributed by atoms with van der Waals surface area (Å²) in [4.78, 5) is 4.41. The van der Waals surface area contributed by atoms with E-state index in [1.165, 1.54) is 25.3 Å². The summed E-state index contributed by atoms with van der Waals surface area (Å²) in [5, 5.41) is 3.93. The monoisotopic (exact) mass is 391 g/mol. The van der Waals surface area contributed by atoms with Gasteiger partial charge in [-0.1, -0.05) is 18.2 Å². The first-order valence-electron chi connectivity index (χ1n) is 8.87. The molecule has 2 aromatic carbocycles. The molecular formula is C20H23F2N3OS. The van der Waals surface area contributed by atoms with E-state index in [-0.39, 0.29) is 17.4 Å². The highest BCUT2D eigenvalue weighted by molar-refractivity contribution is 7.80. The number of nitrogens with zero attached hydrogens (tertiary/aromatic N) is 2. The number of benzene rings is 2. The zero-order chi connectivity index (χ0) is 19.2. The summed E-state index contributed by atoms with van der Waals surface area (Å²) < 4.78 is 31.7. The van der Waals surface area contributed by atoms with Crippen LogP contribution in [0.3, 0.4) is 0 Å². The molecule has 1 aliphatic heterocycles. The lowest BCUT2D eigenvalue weighted by atomic mass is 10.2. The Hall–Kier alpha value is -2.25. The van der Waals surface area contributed by atoms with Crippen molar-refractivity contribution >= 4 is 17.3 Å². The number of nitrogens with one attached hydrogen (secondary N) is 1. The maximum atomic E-state index is 13.8. The molecule has 3 rings (SSSR count). The molecule has 0 aliphatic carbocycles. The van der Waals surface area contributed by atoms with Crippen molar-refractivity contribution in [1.82, 2.24) is 15.1 Å². The molecule has 0 atom stereocenters. The van der Waals surface area contributed by atoms with Crippen LogP contribution >= 0.6 is 12.2 Å². The van der Waals surface area contributed by atoms with E-state index in [0.717, 1.165) is 37.3 Å². The number of thiocarbonyl (C=S) groups is 1. The highest BCUT2D eigenvalue weighted by atomic mass is 32.1. The quantitative estimate of drug-likeness (QED) is 0.791. The number of ether oxygens (including phenoxy) is 1. The van der Waals surface area contributed by atoms with Crippen LogP contribution in [0.1, 0.15) is 11.1 Å². The minimum atomic E-state index is -0.334. The van der Waals surface area contributed by atoms with E-state index in [0.29, 0.717) is 18.2 Å². The van der Waals surface area contributed by atoms with Gasteiger partial charge in [-0.05, 0) is 47.6 Å². The first-order chi connectivity index (χ1) is 13.0. The van der Waals surface area contributed by atoms with E-state index in [1.807, 2.05) is 6.07 Å². The molecule has 2 aromatic rings. The lowest BCUT2D eigenvalue weighted by Gasteiger charge is -2.36. The highest BCUT2D eigenvalue weighted by Crippen LogP contribution is 2.19. The molecule has 1 heterocycles. The predicted octanol–water partition coefficient (Wildman–Crippen LogP) is 3.17. The van der Waals surface area contributed by atoms with Gasteiger partial charge in [0.15, 0.2) is 16.7 Å². The van der Waals surface area contributed by atoms with E-state index in [2.05, 4.69) is 15.1 Å². The Balaban J connectivity index is 1.44. The normalized spacial score (nSPS) is 14.9. The summed E-state index contributed by atoms with van der Waals surface area (Å²) in [6.45, 7) is 4.61. The molecule has 1 N–H and O–H groups in total. The summed E-state index contributed by atoms with van der Waals surface area (Å²) in [7, 11) is 1.46. The first kappa shape index (κ1) is 19.5. The van der Waals surface area contributed by atoms with Gasteiger partial charge in [0.1, 0.15) is 5.82 Å². The van der Waals surface area contributed by atoms with Crippen LogP contribution in [0.5, 0.6) is 5.75 Å². The van der Waals surface area contributed by atoms with Gasteiger partial charge in [-0.15, -0.1) is 0 Å². The van der Waals surface area contributed by atoms with Gasteiger partial charge in [0, 0.05) is 39.3 Å². The van der Waals surface area contributed by atoms with E-state index < -0.39 is 0 Å². The SMILES string of the molecule is COc1ccc(CN2CCN(C(=S)NCc3ccc(F)cc3)CC2)cc1F. The summed E-state index contributed by atoms with van der Waals surface area (Å²) in [5.74, 6) is -0.310. The van der Waals surface area contributed by atoms with Crippen molar-refractivity contribution in [3.8, 4) is 5.75 Å². The van der Waals surface area contributed by atoms with Crippen LogP contribution in [0, 0.1) is 11.6 Å². The van der Waals surface area contributed by atoms with Crippen LogP contribution in [0.2, 0.25) is 0 Å². The second-order valence-electron chi connectivity index (χ2n) is 6.52. The van der Waals surface area contributed by atoms with Gasteiger partial charge in [0.05, 0.1) is 7.11 Å². The highest BCUT2D eigenvalue weighted by Gasteiger charge is 2.19. The molecule has 1 aliphatic rings. The van der Waals surface area contributed by atoms with Crippen LogP contribution in [0.25, 0.3) is 0 Å². The average Bonchev–Trinajstić information content (AvgIpc) is 2.68. The lowest BCUT2D eigenvalue weighted by Crippen LogP contribution is -2.51. The molecule has 1 fully saturated rings. The molecule has 0 aromatic heterocycles. The largest absolute Gasteiger partial charge is 0.494 e. The van der Waals surface area contributed by atoms with Crippen LogP contribution in [0.15, 0.2) is 42.5 Å². The fraction of sp³-hybridized carbons (Fsp3) is 0.350. The van der Waals surface area contributed by atoms with Crippen molar-refractivity contribution in [2.75, 3.05) is 33.3 Å². The zero-order valence-corrected chi connectivity index (χ0v) is 16.1. The maximum absolute atomic E-state index is 13.8. The Morgan fingerprint density at radius 2 is 1.70 bits per heavy atom. The number of methoxy groups -OCH3 is 1. The minimum Gasteiger partial charge on any atom is -0.494 e. The van der Waals surface area contributed by atoms with E-state index >= 15 is 0 Å². The van der Waals surface area contributed by atoms with E-state index in [9.17, 15) is 8.78 Å². The molecule has 0 radical (unpaired) electrons. The fourth-order valence-electron chi connectivity index (χ4n) is 3.07. The molecule has 1 saturated heterocycles. The Morgan fingerprint density at radius 3 is 2.33 bits per heavy atom.